The van der Waals surface area contributed by atoms with Gasteiger partial charge < -0.3 is 20.1 Å². The topological polar surface area (TPSA) is 59.6 Å². The molecule has 0 spiro atoms. The van der Waals surface area contributed by atoms with E-state index >= 15 is 0 Å². The van der Waals surface area contributed by atoms with E-state index in [2.05, 4.69) is 10.6 Å². The third kappa shape index (κ3) is 5.93. The highest BCUT2D eigenvalue weighted by Crippen LogP contribution is 2.29. The van der Waals surface area contributed by atoms with E-state index in [1.807, 2.05) is 45.0 Å². The van der Waals surface area contributed by atoms with Crippen LogP contribution in [0.4, 0.5) is 5.69 Å². The lowest BCUT2D eigenvalue weighted by atomic mass is 10.1. The van der Waals surface area contributed by atoms with Gasteiger partial charge in [-0.25, -0.2) is 0 Å². The second-order valence-electron chi connectivity index (χ2n) is 5.92. The highest BCUT2D eigenvalue weighted by atomic mass is 35.5. The summed E-state index contributed by atoms with van der Waals surface area (Å²) >= 11 is 0. The molecule has 2 rings (SSSR count). The smallest absolute Gasteiger partial charge is 0.255 e. The second kappa shape index (κ2) is 10.7. The van der Waals surface area contributed by atoms with E-state index in [0.717, 1.165) is 17.8 Å². The van der Waals surface area contributed by atoms with Gasteiger partial charge in [0.1, 0.15) is 0 Å². The van der Waals surface area contributed by atoms with Crippen molar-refractivity contribution in [2.45, 2.75) is 33.4 Å². The van der Waals surface area contributed by atoms with E-state index in [-0.39, 0.29) is 24.4 Å². The van der Waals surface area contributed by atoms with E-state index in [9.17, 15) is 4.79 Å². The van der Waals surface area contributed by atoms with Gasteiger partial charge in [0.25, 0.3) is 5.91 Å². The van der Waals surface area contributed by atoms with Crippen molar-refractivity contribution >= 4 is 24.0 Å². The maximum Gasteiger partial charge on any atom is 0.255 e. The van der Waals surface area contributed by atoms with Crippen LogP contribution in [0.1, 0.15) is 36.7 Å². The van der Waals surface area contributed by atoms with E-state index < -0.39 is 0 Å². The predicted octanol–water partition coefficient (Wildman–Crippen LogP) is 4.27. The second-order valence-corrected chi connectivity index (χ2v) is 5.92. The molecule has 0 saturated carbocycles. The molecule has 0 radical (unpaired) electrons. The van der Waals surface area contributed by atoms with Gasteiger partial charge in [-0.15, -0.1) is 12.4 Å². The minimum absolute atomic E-state index is 0. The Kier molecular flexibility index (Phi) is 8.96. The van der Waals surface area contributed by atoms with Crippen LogP contribution in [0.25, 0.3) is 0 Å². The molecule has 5 nitrogen and oxygen atoms in total. The van der Waals surface area contributed by atoms with E-state index in [4.69, 9.17) is 9.47 Å². The van der Waals surface area contributed by atoms with Crippen molar-refractivity contribution in [3.05, 3.63) is 53.6 Å². The van der Waals surface area contributed by atoms with Gasteiger partial charge in [0.15, 0.2) is 11.5 Å². The summed E-state index contributed by atoms with van der Waals surface area (Å²) in [5.74, 6) is 0.988. The Labute approximate surface area is 161 Å². The Hall–Kier alpha value is -2.24. The minimum atomic E-state index is -0.182. The first-order valence-corrected chi connectivity index (χ1v) is 8.49. The molecule has 1 amide bonds. The zero-order valence-electron chi connectivity index (χ0n) is 15.7. The highest BCUT2D eigenvalue weighted by molar-refractivity contribution is 6.05. The SMILES string of the molecule is CCNCc1ccccc1NC(=O)c1ccc(OC(C)C)c(OC)c1.Cl. The number of hydrogen-bond donors (Lipinski definition) is 2. The van der Waals surface area contributed by atoms with Gasteiger partial charge in [-0.1, -0.05) is 25.1 Å². The Bertz CT molecular complexity index is 720. The summed E-state index contributed by atoms with van der Waals surface area (Å²) in [5, 5.41) is 6.25. The number of rotatable bonds is 8. The predicted molar refractivity (Wildman–Crippen MR) is 108 cm³/mol. The zero-order valence-corrected chi connectivity index (χ0v) is 16.5. The fourth-order valence-electron chi connectivity index (χ4n) is 2.41. The first kappa shape index (κ1) is 21.8. The van der Waals surface area contributed by atoms with Gasteiger partial charge in [0, 0.05) is 17.8 Å². The number of carbonyl (C=O) groups excluding carboxylic acids is 1. The molecule has 0 unspecified atom stereocenters. The number of ether oxygens (including phenoxy) is 2. The molecule has 0 fully saturated rings. The zero-order chi connectivity index (χ0) is 18.2. The molecule has 0 saturated heterocycles. The number of methoxy groups -OCH3 is 1. The lowest BCUT2D eigenvalue weighted by molar-refractivity contribution is 0.102. The maximum atomic E-state index is 12.6. The lowest BCUT2D eigenvalue weighted by Gasteiger charge is -2.15. The van der Waals surface area contributed by atoms with Crippen molar-refractivity contribution in [2.75, 3.05) is 19.0 Å². The average Bonchev–Trinajstić information content (AvgIpc) is 2.60. The molecule has 0 atom stereocenters. The van der Waals surface area contributed by atoms with E-state index in [1.54, 1.807) is 25.3 Å². The average molecular weight is 379 g/mol. The van der Waals surface area contributed by atoms with Gasteiger partial charge in [-0.05, 0) is 50.2 Å². The van der Waals surface area contributed by atoms with Crippen LogP contribution in [0.2, 0.25) is 0 Å². The van der Waals surface area contributed by atoms with Crippen molar-refractivity contribution in [3.8, 4) is 11.5 Å². The van der Waals surface area contributed by atoms with Gasteiger partial charge in [0.05, 0.1) is 13.2 Å². The number of halogens is 1. The molecule has 2 aromatic carbocycles. The Morgan fingerprint density at radius 1 is 1.12 bits per heavy atom. The quantitative estimate of drug-likeness (QED) is 0.720. The van der Waals surface area contributed by atoms with Crippen LogP contribution in [0, 0.1) is 0 Å². The number of anilines is 1. The fraction of sp³-hybridized carbons (Fsp3) is 0.350. The van der Waals surface area contributed by atoms with Crippen LogP contribution in [0.15, 0.2) is 42.5 Å². The number of carbonyl (C=O) groups is 1. The third-order valence-electron chi connectivity index (χ3n) is 3.62. The van der Waals surface area contributed by atoms with E-state index in [1.165, 1.54) is 0 Å². The van der Waals surface area contributed by atoms with Crippen molar-refractivity contribution in [1.29, 1.82) is 0 Å². The summed E-state index contributed by atoms with van der Waals surface area (Å²) in [7, 11) is 1.57. The Balaban J connectivity index is 0.00000338. The van der Waals surface area contributed by atoms with Crippen LogP contribution in [0.3, 0.4) is 0 Å². The molecular weight excluding hydrogens is 352 g/mol. The molecule has 6 heteroatoms. The van der Waals surface area contributed by atoms with Crippen molar-refractivity contribution < 1.29 is 14.3 Å². The molecule has 0 aromatic heterocycles. The number of hydrogen-bond acceptors (Lipinski definition) is 4. The molecule has 0 aliphatic rings. The van der Waals surface area contributed by atoms with Crippen LogP contribution in [0.5, 0.6) is 11.5 Å². The van der Waals surface area contributed by atoms with Crippen LogP contribution < -0.4 is 20.1 Å². The molecule has 26 heavy (non-hydrogen) atoms. The molecule has 2 aromatic rings. The summed E-state index contributed by atoms with van der Waals surface area (Å²) in [6.07, 6.45) is 0.0338. The first-order chi connectivity index (χ1) is 12.0. The van der Waals surface area contributed by atoms with Crippen LogP contribution in [-0.4, -0.2) is 25.7 Å². The normalized spacial score (nSPS) is 10.2. The molecule has 2 N–H and O–H groups in total. The molecule has 0 heterocycles. The van der Waals surface area contributed by atoms with Gasteiger partial charge >= 0.3 is 0 Å². The lowest BCUT2D eigenvalue weighted by Crippen LogP contribution is -2.17. The molecule has 142 valence electrons. The number of benzene rings is 2. The highest BCUT2D eigenvalue weighted by Gasteiger charge is 2.13. The molecule has 0 aliphatic heterocycles. The Morgan fingerprint density at radius 2 is 1.85 bits per heavy atom. The van der Waals surface area contributed by atoms with Crippen molar-refractivity contribution in [3.63, 3.8) is 0 Å². The Morgan fingerprint density at radius 3 is 2.50 bits per heavy atom. The molecule has 0 bridgehead atoms. The van der Waals surface area contributed by atoms with Gasteiger partial charge in [0.2, 0.25) is 0 Å². The molecular formula is C20H27ClN2O3. The largest absolute Gasteiger partial charge is 0.493 e. The van der Waals surface area contributed by atoms with Crippen molar-refractivity contribution in [1.82, 2.24) is 5.32 Å². The monoisotopic (exact) mass is 378 g/mol. The van der Waals surface area contributed by atoms with Gasteiger partial charge in [-0.2, -0.15) is 0 Å². The number of nitrogens with one attached hydrogen (secondary N) is 2. The van der Waals surface area contributed by atoms with Crippen molar-refractivity contribution in [2.24, 2.45) is 0 Å². The van der Waals surface area contributed by atoms with E-state index in [0.29, 0.717) is 23.6 Å². The standard InChI is InChI=1S/C20H26N2O3.ClH/c1-5-21-13-16-8-6-7-9-17(16)22-20(23)15-10-11-18(25-14(2)3)19(12-15)24-4;/h6-12,14,21H,5,13H2,1-4H3,(H,22,23);1H. The van der Waals surface area contributed by atoms with Gasteiger partial charge in [-0.3, -0.25) is 4.79 Å². The third-order valence-corrected chi connectivity index (χ3v) is 3.62. The summed E-state index contributed by atoms with van der Waals surface area (Å²) in [4.78, 5) is 12.6. The summed E-state index contributed by atoms with van der Waals surface area (Å²) in [5.41, 5.74) is 2.37. The summed E-state index contributed by atoms with van der Waals surface area (Å²) < 4.78 is 11.0. The van der Waals surface area contributed by atoms with Crippen LogP contribution >= 0.6 is 12.4 Å². The van der Waals surface area contributed by atoms with Crippen LogP contribution in [-0.2, 0) is 6.54 Å². The first-order valence-electron chi connectivity index (χ1n) is 8.49. The summed E-state index contributed by atoms with van der Waals surface area (Å²) in [6.45, 7) is 7.52. The number of para-hydroxylation sites is 1. The fourth-order valence-corrected chi connectivity index (χ4v) is 2.41. The summed E-state index contributed by atoms with van der Waals surface area (Å²) in [6, 6.07) is 13.0. The minimum Gasteiger partial charge on any atom is -0.493 e. The maximum absolute atomic E-state index is 12.6. The molecule has 0 aliphatic carbocycles. The number of amides is 1.